The number of rotatable bonds is 4. The molecule has 0 aliphatic rings. The van der Waals surface area contributed by atoms with Crippen LogP contribution in [0.1, 0.15) is 16.0 Å². The smallest absolute Gasteiger partial charge is 0.308 e. The first kappa shape index (κ1) is 15.8. The lowest BCUT2D eigenvalue weighted by Crippen LogP contribution is -2.13. The van der Waals surface area contributed by atoms with Gasteiger partial charge in [-0.1, -0.05) is 29.8 Å². The summed E-state index contributed by atoms with van der Waals surface area (Å²) < 4.78 is 39.2. The second-order valence-electron chi connectivity index (χ2n) is 4.14. The zero-order chi connectivity index (χ0) is 14.8. The Morgan fingerprint density at radius 1 is 1.20 bits per heavy atom. The highest BCUT2D eigenvalue weighted by Gasteiger charge is 2.30. The third-order valence-corrected chi connectivity index (χ3v) is 5.05. The molecule has 0 aliphatic heterocycles. The van der Waals surface area contributed by atoms with Crippen molar-refractivity contribution in [3.63, 3.8) is 0 Å². The summed E-state index contributed by atoms with van der Waals surface area (Å²) in [5.41, 5.74) is -0.0275. The Labute approximate surface area is 131 Å². The van der Waals surface area contributed by atoms with E-state index in [-0.39, 0.29) is 0 Å². The number of benzene rings is 1. The maximum atomic E-state index is 12.6. The van der Waals surface area contributed by atoms with Crippen molar-refractivity contribution < 1.29 is 13.2 Å². The molecule has 0 fully saturated rings. The number of hydrogen-bond donors (Lipinski definition) is 1. The lowest BCUT2D eigenvalue weighted by Gasteiger charge is -2.09. The largest absolute Gasteiger partial charge is 0.416 e. The van der Waals surface area contributed by atoms with Gasteiger partial charge < -0.3 is 5.32 Å². The van der Waals surface area contributed by atoms with Gasteiger partial charge in [-0.2, -0.15) is 13.2 Å². The molecule has 0 amide bonds. The van der Waals surface area contributed by atoms with Gasteiger partial charge in [0, 0.05) is 22.4 Å². The van der Waals surface area contributed by atoms with Crippen LogP contribution < -0.4 is 5.32 Å². The normalized spacial score (nSPS) is 11.8. The average molecular weight is 385 g/mol. The average Bonchev–Trinajstić information content (AvgIpc) is 2.68. The van der Waals surface area contributed by atoms with E-state index in [4.69, 9.17) is 11.6 Å². The molecular weight excluding hydrogens is 375 g/mol. The van der Waals surface area contributed by atoms with Gasteiger partial charge in [0.2, 0.25) is 0 Å². The molecule has 7 heteroatoms. The Hall–Kier alpha value is -0.560. The van der Waals surface area contributed by atoms with Crippen LogP contribution in [0, 0.1) is 0 Å². The first-order chi connectivity index (χ1) is 9.36. The van der Waals surface area contributed by atoms with E-state index in [9.17, 15) is 13.2 Å². The minimum absolute atomic E-state index is 0.372. The Kier molecular flexibility index (Phi) is 5.12. The molecule has 0 unspecified atom stereocenters. The third kappa shape index (κ3) is 4.22. The van der Waals surface area contributed by atoms with Crippen LogP contribution in [-0.2, 0) is 19.3 Å². The number of alkyl halides is 3. The van der Waals surface area contributed by atoms with E-state index in [1.807, 2.05) is 6.07 Å². The van der Waals surface area contributed by atoms with Crippen LogP contribution in [0.25, 0.3) is 0 Å². The fraction of sp³-hybridized carbons (Fsp3) is 0.231. The van der Waals surface area contributed by atoms with Crippen LogP contribution in [0.5, 0.6) is 0 Å². The van der Waals surface area contributed by atoms with Crippen LogP contribution in [0.2, 0.25) is 4.34 Å². The fourth-order valence-electron chi connectivity index (χ4n) is 1.67. The molecule has 0 atom stereocenters. The molecule has 1 N–H and O–H groups in total. The lowest BCUT2D eigenvalue weighted by molar-refractivity contribution is -0.137. The standard InChI is InChI=1S/C13H10BrClF3NS/c14-11-5-10(20-12(11)15)7-19-6-8-2-1-3-9(4-8)13(16,17)18/h1-5,19H,6-7H2. The first-order valence-corrected chi connectivity index (χ1v) is 7.65. The predicted octanol–water partition coefficient (Wildman–Crippen LogP) is 5.47. The molecule has 0 bridgehead atoms. The molecule has 20 heavy (non-hydrogen) atoms. The summed E-state index contributed by atoms with van der Waals surface area (Å²) in [6.07, 6.45) is -4.30. The van der Waals surface area contributed by atoms with Crippen LogP contribution in [0.15, 0.2) is 34.8 Å². The fourth-order valence-corrected chi connectivity index (χ4v) is 3.43. The van der Waals surface area contributed by atoms with E-state index in [0.717, 1.165) is 21.5 Å². The molecule has 1 aromatic carbocycles. The summed E-state index contributed by atoms with van der Waals surface area (Å²) in [4.78, 5) is 1.02. The number of hydrogen-bond acceptors (Lipinski definition) is 2. The molecule has 0 saturated carbocycles. The van der Waals surface area contributed by atoms with Gasteiger partial charge in [-0.3, -0.25) is 0 Å². The quantitative estimate of drug-likeness (QED) is 0.737. The highest BCUT2D eigenvalue weighted by Crippen LogP contribution is 2.32. The molecule has 1 aromatic heterocycles. The van der Waals surface area contributed by atoms with Crippen molar-refractivity contribution in [2.24, 2.45) is 0 Å². The highest BCUT2D eigenvalue weighted by molar-refractivity contribution is 9.10. The zero-order valence-electron chi connectivity index (χ0n) is 10.1. The Morgan fingerprint density at radius 3 is 2.55 bits per heavy atom. The molecule has 108 valence electrons. The van der Waals surface area contributed by atoms with Gasteiger partial charge in [0.25, 0.3) is 0 Å². The maximum Gasteiger partial charge on any atom is 0.416 e. The molecular formula is C13H10BrClF3NS. The summed E-state index contributed by atoms with van der Waals surface area (Å²) in [5, 5.41) is 3.10. The van der Waals surface area contributed by atoms with Gasteiger partial charge in [0.1, 0.15) is 4.34 Å². The zero-order valence-corrected chi connectivity index (χ0v) is 13.3. The topological polar surface area (TPSA) is 12.0 Å². The van der Waals surface area contributed by atoms with Gasteiger partial charge >= 0.3 is 6.18 Å². The van der Waals surface area contributed by atoms with Gasteiger partial charge in [-0.05, 0) is 33.6 Å². The van der Waals surface area contributed by atoms with Crippen LogP contribution >= 0.6 is 38.9 Å². The number of nitrogens with one attached hydrogen (secondary N) is 1. The second-order valence-corrected chi connectivity index (χ2v) is 6.73. The van der Waals surface area contributed by atoms with Gasteiger partial charge in [0.15, 0.2) is 0 Å². The summed E-state index contributed by atoms with van der Waals surface area (Å²) in [6, 6.07) is 7.20. The van der Waals surface area contributed by atoms with Crippen molar-refractivity contribution in [3.8, 4) is 0 Å². The molecule has 0 spiro atoms. The van der Waals surface area contributed by atoms with Crippen molar-refractivity contribution in [2.45, 2.75) is 19.3 Å². The molecule has 0 radical (unpaired) electrons. The Bertz CT molecular complexity index is 578. The SMILES string of the molecule is FC(F)(F)c1cccc(CNCc2cc(Br)c(Cl)s2)c1. The van der Waals surface area contributed by atoms with E-state index in [1.165, 1.54) is 17.4 Å². The van der Waals surface area contributed by atoms with Crippen molar-refractivity contribution in [3.05, 3.63) is 55.1 Å². The summed E-state index contributed by atoms with van der Waals surface area (Å²) in [6.45, 7) is 0.934. The first-order valence-electron chi connectivity index (χ1n) is 5.67. The number of thiophene rings is 1. The van der Waals surface area contributed by atoms with Gasteiger partial charge in [-0.25, -0.2) is 0 Å². The van der Waals surface area contributed by atoms with Gasteiger partial charge in [0.05, 0.1) is 5.56 Å². The third-order valence-electron chi connectivity index (χ3n) is 2.58. The van der Waals surface area contributed by atoms with Gasteiger partial charge in [-0.15, -0.1) is 11.3 Å². The molecule has 1 nitrogen and oxygen atoms in total. The molecule has 0 aliphatic carbocycles. The van der Waals surface area contributed by atoms with Crippen LogP contribution in [0.4, 0.5) is 13.2 Å². The monoisotopic (exact) mass is 383 g/mol. The molecule has 0 saturated heterocycles. The molecule has 2 aromatic rings. The van der Waals surface area contributed by atoms with Crippen molar-refractivity contribution >= 4 is 38.9 Å². The molecule has 1 heterocycles. The van der Waals surface area contributed by atoms with E-state index >= 15 is 0 Å². The summed E-state index contributed by atoms with van der Waals surface area (Å²) in [5.74, 6) is 0. The minimum Gasteiger partial charge on any atom is -0.308 e. The van der Waals surface area contributed by atoms with Crippen LogP contribution in [0.3, 0.4) is 0 Å². The van der Waals surface area contributed by atoms with Crippen molar-refractivity contribution in [1.82, 2.24) is 5.32 Å². The Balaban J connectivity index is 1.94. The maximum absolute atomic E-state index is 12.6. The van der Waals surface area contributed by atoms with E-state index in [1.54, 1.807) is 6.07 Å². The molecule has 2 rings (SSSR count). The predicted molar refractivity (Wildman–Crippen MR) is 79.0 cm³/mol. The van der Waals surface area contributed by atoms with E-state index in [2.05, 4.69) is 21.2 Å². The summed E-state index contributed by atoms with van der Waals surface area (Å²) in [7, 11) is 0. The summed E-state index contributed by atoms with van der Waals surface area (Å²) >= 11 is 10.7. The lowest BCUT2D eigenvalue weighted by atomic mass is 10.1. The second kappa shape index (κ2) is 6.47. The Morgan fingerprint density at radius 2 is 1.95 bits per heavy atom. The highest BCUT2D eigenvalue weighted by atomic mass is 79.9. The van der Waals surface area contributed by atoms with Crippen LogP contribution in [-0.4, -0.2) is 0 Å². The van der Waals surface area contributed by atoms with Crippen molar-refractivity contribution in [1.29, 1.82) is 0 Å². The van der Waals surface area contributed by atoms with E-state index < -0.39 is 11.7 Å². The van der Waals surface area contributed by atoms with E-state index in [0.29, 0.717) is 23.0 Å². The minimum atomic E-state index is -4.30. The van der Waals surface area contributed by atoms with Crippen molar-refractivity contribution in [2.75, 3.05) is 0 Å². The number of halogens is 5.